The summed E-state index contributed by atoms with van der Waals surface area (Å²) in [6.07, 6.45) is 9.93. The molecule has 4 aromatic rings. The van der Waals surface area contributed by atoms with Crippen LogP contribution >= 0.6 is 0 Å². The van der Waals surface area contributed by atoms with E-state index in [1.54, 1.807) is 36.8 Å². The molecule has 4 rings (SSSR count). The highest BCUT2D eigenvalue weighted by Gasteiger charge is 2.11. The molecule has 0 aliphatic carbocycles. The molecule has 154 valence electrons. The molecule has 31 heavy (non-hydrogen) atoms. The molecule has 0 fully saturated rings. The molecule has 0 spiro atoms. The van der Waals surface area contributed by atoms with Gasteiger partial charge in [-0.05, 0) is 35.9 Å². The van der Waals surface area contributed by atoms with E-state index < -0.39 is 11.8 Å². The quantitative estimate of drug-likeness (QED) is 0.335. The van der Waals surface area contributed by atoms with Crippen molar-refractivity contribution >= 4 is 17.9 Å². The highest BCUT2D eigenvalue weighted by molar-refractivity contribution is 5.97. The number of amides is 2. The van der Waals surface area contributed by atoms with Gasteiger partial charge in [-0.1, -0.05) is 30.3 Å². The number of H-pyrrole nitrogens is 1. The van der Waals surface area contributed by atoms with E-state index in [2.05, 4.69) is 25.9 Å². The number of benzene rings is 1. The molecule has 0 atom stereocenters. The molecule has 3 heterocycles. The van der Waals surface area contributed by atoms with Gasteiger partial charge in [-0.3, -0.25) is 30.1 Å². The Bertz CT molecular complexity index is 1180. The SMILES string of the molecule is O=C(C=Cc1cn(Cc2ccccc2)nc1-c1cccnc1)NNC(=O)c1ccc[nH]1. The largest absolute Gasteiger partial charge is 0.357 e. The molecule has 3 aromatic heterocycles. The summed E-state index contributed by atoms with van der Waals surface area (Å²) in [4.78, 5) is 31.0. The molecule has 0 radical (unpaired) electrons. The van der Waals surface area contributed by atoms with Crippen molar-refractivity contribution < 1.29 is 9.59 Å². The molecule has 2 amide bonds. The van der Waals surface area contributed by atoms with Crippen LogP contribution < -0.4 is 10.9 Å². The van der Waals surface area contributed by atoms with E-state index in [0.717, 1.165) is 16.7 Å². The van der Waals surface area contributed by atoms with Gasteiger partial charge in [0.2, 0.25) is 0 Å². The summed E-state index contributed by atoms with van der Waals surface area (Å²) in [5, 5.41) is 4.68. The average molecular weight is 412 g/mol. The van der Waals surface area contributed by atoms with Crippen LogP contribution in [0.25, 0.3) is 17.3 Å². The van der Waals surface area contributed by atoms with Crippen molar-refractivity contribution in [3.63, 3.8) is 0 Å². The highest BCUT2D eigenvalue weighted by atomic mass is 16.2. The number of pyridine rings is 1. The lowest BCUT2D eigenvalue weighted by Crippen LogP contribution is -2.40. The Morgan fingerprint density at radius 3 is 2.65 bits per heavy atom. The van der Waals surface area contributed by atoms with Crippen molar-refractivity contribution in [2.24, 2.45) is 0 Å². The molecule has 0 unspecified atom stereocenters. The standard InChI is InChI=1S/C23H20N6O2/c30-21(26-27-23(31)20-9-5-13-25-20)11-10-19-16-29(15-17-6-2-1-3-7-17)28-22(19)18-8-4-12-24-14-18/h1-14,16,25H,15H2,(H,26,30)(H,27,31). The second-order valence-corrected chi connectivity index (χ2v) is 6.72. The Hall–Kier alpha value is -4.46. The zero-order valence-electron chi connectivity index (χ0n) is 16.5. The number of hydrogen-bond acceptors (Lipinski definition) is 4. The van der Waals surface area contributed by atoms with Crippen molar-refractivity contribution in [2.45, 2.75) is 6.54 Å². The van der Waals surface area contributed by atoms with Crippen molar-refractivity contribution in [1.82, 2.24) is 30.6 Å². The number of nitrogens with zero attached hydrogens (tertiary/aromatic N) is 3. The monoisotopic (exact) mass is 412 g/mol. The van der Waals surface area contributed by atoms with Crippen LogP contribution in [-0.4, -0.2) is 31.6 Å². The predicted octanol–water partition coefficient (Wildman–Crippen LogP) is 2.80. The molecule has 8 nitrogen and oxygen atoms in total. The fourth-order valence-corrected chi connectivity index (χ4v) is 3.00. The van der Waals surface area contributed by atoms with Crippen LogP contribution in [0.5, 0.6) is 0 Å². The Balaban J connectivity index is 1.50. The number of carbonyl (C=O) groups is 2. The Morgan fingerprint density at radius 1 is 1.03 bits per heavy atom. The number of hydrogen-bond donors (Lipinski definition) is 3. The second-order valence-electron chi connectivity index (χ2n) is 6.72. The first-order valence-electron chi connectivity index (χ1n) is 9.62. The molecule has 0 aliphatic rings. The molecule has 0 aliphatic heterocycles. The van der Waals surface area contributed by atoms with E-state index in [1.807, 2.05) is 53.3 Å². The summed E-state index contributed by atoms with van der Waals surface area (Å²) < 4.78 is 1.82. The lowest BCUT2D eigenvalue weighted by molar-refractivity contribution is -0.117. The van der Waals surface area contributed by atoms with Crippen LogP contribution in [0.3, 0.4) is 0 Å². The van der Waals surface area contributed by atoms with Gasteiger partial charge in [-0.25, -0.2) is 0 Å². The lowest BCUT2D eigenvalue weighted by atomic mass is 10.1. The lowest BCUT2D eigenvalue weighted by Gasteiger charge is -2.03. The summed E-state index contributed by atoms with van der Waals surface area (Å²) in [5.74, 6) is -0.897. The minimum absolute atomic E-state index is 0.352. The van der Waals surface area contributed by atoms with Gasteiger partial charge in [0.1, 0.15) is 11.4 Å². The van der Waals surface area contributed by atoms with Gasteiger partial charge in [0, 0.05) is 42.0 Å². The van der Waals surface area contributed by atoms with Crippen molar-refractivity contribution in [2.75, 3.05) is 0 Å². The molecular formula is C23H20N6O2. The van der Waals surface area contributed by atoms with Crippen LogP contribution in [0.1, 0.15) is 21.6 Å². The number of aromatic amines is 1. The topological polar surface area (TPSA) is 105 Å². The summed E-state index contributed by atoms with van der Waals surface area (Å²) in [7, 11) is 0. The van der Waals surface area contributed by atoms with E-state index in [1.165, 1.54) is 6.08 Å². The summed E-state index contributed by atoms with van der Waals surface area (Å²) in [6, 6.07) is 17.0. The molecule has 8 heteroatoms. The van der Waals surface area contributed by atoms with Gasteiger partial charge in [0.05, 0.1) is 6.54 Å². The van der Waals surface area contributed by atoms with Gasteiger partial charge in [-0.2, -0.15) is 5.10 Å². The first-order valence-corrected chi connectivity index (χ1v) is 9.62. The second kappa shape index (κ2) is 9.36. The van der Waals surface area contributed by atoms with Gasteiger partial charge in [-0.15, -0.1) is 0 Å². The molecule has 1 aromatic carbocycles. The summed E-state index contributed by atoms with van der Waals surface area (Å²) >= 11 is 0. The summed E-state index contributed by atoms with van der Waals surface area (Å²) in [5.41, 5.74) is 8.49. The van der Waals surface area contributed by atoms with Gasteiger partial charge in [0.15, 0.2) is 0 Å². The minimum Gasteiger partial charge on any atom is -0.357 e. The van der Waals surface area contributed by atoms with Crippen LogP contribution in [0.4, 0.5) is 0 Å². The molecule has 0 bridgehead atoms. The maximum atomic E-state index is 12.2. The first kappa shape index (κ1) is 19.8. The maximum Gasteiger partial charge on any atom is 0.286 e. The van der Waals surface area contributed by atoms with Gasteiger partial charge < -0.3 is 4.98 Å². The average Bonchev–Trinajstić information content (AvgIpc) is 3.48. The van der Waals surface area contributed by atoms with E-state index in [0.29, 0.717) is 17.9 Å². The highest BCUT2D eigenvalue weighted by Crippen LogP contribution is 2.22. The first-order chi connectivity index (χ1) is 15.2. The Kier molecular flexibility index (Phi) is 5.99. The third-order valence-corrected chi connectivity index (χ3v) is 4.47. The zero-order chi connectivity index (χ0) is 21.5. The smallest absolute Gasteiger partial charge is 0.286 e. The van der Waals surface area contributed by atoms with Crippen molar-refractivity contribution in [3.05, 3.63) is 102 Å². The van der Waals surface area contributed by atoms with E-state index >= 15 is 0 Å². The van der Waals surface area contributed by atoms with Crippen molar-refractivity contribution in [3.8, 4) is 11.3 Å². The van der Waals surface area contributed by atoms with Crippen LogP contribution in [0.2, 0.25) is 0 Å². The molecule has 0 saturated carbocycles. The van der Waals surface area contributed by atoms with E-state index in [4.69, 9.17) is 0 Å². The number of hydrazine groups is 1. The Labute approximate surface area is 178 Å². The van der Waals surface area contributed by atoms with E-state index in [-0.39, 0.29) is 0 Å². The van der Waals surface area contributed by atoms with Crippen molar-refractivity contribution in [1.29, 1.82) is 0 Å². The number of nitrogens with one attached hydrogen (secondary N) is 3. The zero-order valence-corrected chi connectivity index (χ0v) is 16.5. The maximum absolute atomic E-state index is 12.2. The van der Waals surface area contributed by atoms with Crippen LogP contribution in [0.15, 0.2) is 85.5 Å². The third kappa shape index (κ3) is 5.13. The minimum atomic E-state index is -0.465. The van der Waals surface area contributed by atoms with Crippen LogP contribution in [0, 0.1) is 0 Å². The molecular weight excluding hydrogens is 392 g/mol. The molecule has 3 N–H and O–H groups in total. The predicted molar refractivity (Wildman–Crippen MR) is 116 cm³/mol. The summed E-state index contributed by atoms with van der Waals surface area (Å²) in [6.45, 7) is 0.598. The fourth-order valence-electron chi connectivity index (χ4n) is 3.00. The Morgan fingerprint density at radius 2 is 1.90 bits per heavy atom. The number of carbonyl (C=O) groups excluding carboxylic acids is 2. The van der Waals surface area contributed by atoms with Crippen LogP contribution in [-0.2, 0) is 11.3 Å². The number of aromatic nitrogens is 4. The van der Waals surface area contributed by atoms with Gasteiger partial charge >= 0.3 is 0 Å². The van der Waals surface area contributed by atoms with Gasteiger partial charge in [0.25, 0.3) is 11.8 Å². The normalized spacial score (nSPS) is 10.8. The fraction of sp³-hybridized carbons (Fsp3) is 0.0435. The number of rotatable bonds is 6. The van der Waals surface area contributed by atoms with E-state index in [9.17, 15) is 9.59 Å². The third-order valence-electron chi connectivity index (χ3n) is 4.47. The molecule has 0 saturated heterocycles.